The molecular formula is C40H76N2O6. The van der Waals surface area contributed by atoms with Gasteiger partial charge in [-0.3, -0.25) is 9.59 Å². The smallest absolute Gasteiger partial charge is 0.306 e. The van der Waals surface area contributed by atoms with E-state index in [9.17, 15) is 9.59 Å². The fourth-order valence-electron chi connectivity index (χ4n) is 5.24. The Morgan fingerprint density at radius 2 is 1.08 bits per heavy atom. The van der Waals surface area contributed by atoms with Crippen molar-refractivity contribution in [1.82, 2.24) is 9.80 Å². The lowest BCUT2D eigenvalue weighted by atomic mass is 10.1. The predicted molar refractivity (Wildman–Crippen MR) is 200 cm³/mol. The molecule has 0 saturated carbocycles. The maximum Gasteiger partial charge on any atom is 0.306 e. The summed E-state index contributed by atoms with van der Waals surface area (Å²) in [7, 11) is 4.01. The molecule has 0 aromatic carbocycles. The van der Waals surface area contributed by atoms with Gasteiger partial charge in [0.25, 0.3) is 0 Å². The van der Waals surface area contributed by atoms with Crippen LogP contribution < -0.4 is 0 Å². The Morgan fingerprint density at radius 3 is 1.69 bits per heavy atom. The van der Waals surface area contributed by atoms with Crippen LogP contribution in [0.25, 0.3) is 0 Å². The van der Waals surface area contributed by atoms with Crippen LogP contribution in [0.4, 0.5) is 0 Å². The highest BCUT2D eigenvalue weighted by Crippen LogP contribution is 2.11. The van der Waals surface area contributed by atoms with E-state index in [1.165, 1.54) is 64.2 Å². The van der Waals surface area contributed by atoms with Crippen LogP contribution in [-0.4, -0.2) is 88.4 Å². The average molecular weight is 681 g/mol. The van der Waals surface area contributed by atoms with Crippen molar-refractivity contribution in [2.75, 3.05) is 66.8 Å². The molecule has 0 radical (unpaired) electrons. The van der Waals surface area contributed by atoms with Crippen LogP contribution >= 0.6 is 0 Å². The zero-order valence-electron chi connectivity index (χ0n) is 31.9. The normalized spacial score (nSPS) is 11.8. The summed E-state index contributed by atoms with van der Waals surface area (Å²) in [6.45, 7) is 9.09. The van der Waals surface area contributed by atoms with E-state index >= 15 is 0 Å². The topological polar surface area (TPSA) is 77.5 Å². The summed E-state index contributed by atoms with van der Waals surface area (Å²) in [6.07, 6.45) is 32.8. The number of carbonyl (C=O) groups is 2. The van der Waals surface area contributed by atoms with Crippen molar-refractivity contribution < 1.29 is 28.8 Å². The quantitative estimate of drug-likeness (QED) is 0.0213. The number of ether oxygens (including phenoxy) is 2. The van der Waals surface area contributed by atoms with Gasteiger partial charge >= 0.3 is 5.97 Å². The zero-order chi connectivity index (χ0) is 35.2. The number of carbonyl (C=O) groups excluding carboxylic acids is 2. The molecule has 282 valence electrons. The van der Waals surface area contributed by atoms with Gasteiger partial charge in [-0.05, 0) is 65.5 Å². The first-order valence-electron chi connectivity index (χ1n) is 19.7. The third-order valence-electron chi connectivity index (χ3n) is 8.35. The molecule has 1 amide bonds. The number of unbranched alkanes of at least 4 members (excludes halogenated alkanes) is 17. The number of rotatable bonds is 37. The van der Waals surface area contributed by atoms with Crippen molar-refractivity contribution in [1.29, 1.82) is 0 Å². The lowest BCUT2D eigenvalue weighted by molar-refractivity contribution is -0.286. The average Bonchev–Trinajstić information content (AvgIpc) is 3.07. The Morgan fingerprint density at radius 1 is 0.542 bits per heavy atom. The molecule has 48 heavy (non-hydrogen) atoms. The number of nitrogens with zero attached hydrogens (tertiary/aromatic N) is 2. The SMILES string of the molecule is CCCCCC/C=C\COOCCCCCCCCN(CCCCCCCC(=O)OC/C=C\CCCCCC)C(=O)COCCN(C)C. The first-order chi connectivity index (χ1) is 23.5. The van der Waals surface area contributed by atoms with Crippen LogP contribution in [0.3, 0.4) is 0 Å². The molecule has 0 rings (SSSR count). The first-order valence-corrected chi connectivity index (χ1v) is 19.7. The van der Waals surface area contributed by atoms with Crippen LogP contribution in [0, 0.1) is 0 Å². The second-order valence-electron chi connectivity index (χ2n) is 13.3. The van der Waals surface area contributed by atoms with Gasteiger partial charge in [0, 0.05) is 26.1 Å². The van der Waals surface area contributed by atoms with Crippen molar-refractivity contribution in [3.8, 4) is 0 Å². The van der Waals surface area contributed by atoms with Gasteiger partial charge in [-0.15, -0.1) is 0 Å². The molecule has 0 heterocycles. The van der Waals surface area contributed by atoms with Gasteiger partial charge in [0.15, 0.2) is 0 Å². The highest BCUT2D eigenvalue weighted by Gasteiger charge is 2.13. The second-order valence-corrected chi connectivity index (χ2v) is 13.3. The van der Waals surface area contributed by atoms with E-state index in [0.29, 0.717) is 32.8 Å². The number of allylic oxidation sites excluding steroid dienone is 2. The molecule has 0 unspecified atom stereocenters. The third kappa shape index (κ3) is 35.6. The maximum absolute atomic E-state index is 12.9. The van der Waals surface area contributed by atoms with Gasteiger partial charge in [0.1, 0.15) is 19.8 Å². The van der Waals surface area contributed by atoms with E-state index in [4.69, 9.17) is 19.2 Å². The van der Waals surface area contributed by atoms with Crippen molar-refractivity contribution in [2.45, 2.75) is 155 Å². The molecule has 0 atom stereocenters. The second kappa shape index (κ2) is 38.1. The molecule has 0 aliphatic heterocycles. The molecule has 0 saturated heterocycles. The van der Waals surface area contributed by atoms with Gasteiger partial charge in [-0.2, -0.15) is 0 Å². The lowest BCUT2D eigenvalue weighted by Crippen LogP contribution is -2.36. The van der Waals surface area contributed by atoms with Crippen LogP contribution in [0.2, 0.25) is 0 Å². The fourth-order valence-corrected chi connectivity index (χ4v) is 5.24. The van der Waals surface area contributed by atoms with Gasteiger partial charge in [0.2, 0.25) is 5.91 Å². The van der Waals surface area contributed by atoms with E-state index in [-0.39, 0.29) is 18.5 Å². The molecule has 0 aliphatic carbocycles. The minimum absolute atomic E-state index is 0.0926. The number of hydrogen-bond acceptors (Lipinski definition) is 7. The Balaban J connectivity index is 4.02. The Labute approximate surface area is 296 Å². The molecule has 8 heteroatoms. The van der Waals surface area contributed by atoms with E-state index in [2.05, 4.69) is 30.9 Å². The standard InChI is InChI=1S/C40H76N2O6/c1-5-7-9-11-14-21-27-34-46-40(44)30-24-18-17-20-26-32-42(39(43)38-45-37-33-41(3)4)31-25-19-13-16-23-29-36-48-47-35-28-22-15-12-10-8-6-2/h21-22,27-28H,5-20,23-26,29-38H2,1-4H3/b27-21-,28-22-. The largest absolute Gasteiger partial charge is 0.461 e. The van der Waals surface area contributed by atoms with Crippen LogP contribution in [0.15, 0.2) is 24.3 Å². The summed E-state index contributed by atoms with van der Waals surface area (Å²) < 4.78 is 11.0. The maximum atomic E-state index is 12.9. The molecule has 0 aromatic rings. The van der Waals surface area contributed by atoms with E-state index < -0.39 is 0 Å². The molecule has 8 nitrogen and oxygen atoms in total. The van der Waals surface area contributed by atoms with Crippen molar-refractivity contribution in [3.05, 3.63) is 24.3 Å². The summed E-state index contributed by atoms with van der Waals surface area (Å²) in [4.78, 5) is 39.5. The van der Waals surface area contributed by atoms with Gasteiger partial charge in [-0.1, -0.05) is 122 Å². The molecule has 0 aliphatic rings. The molecule has 0 fully saturated rings. The van der Waals surface area contributed by atoms with Crippen LogP contribution in [0.1, 0.15) is 155 Å². The third-order valence-corrected chi connectivity index (χ3v) is 8.35. The lowest BCUT2D eigenvalue weighted by Gasteiger charge is -2.23. The van der Waals surface area contributed by atoms with E-state index in [1.807, 2.05) is 31.1 Å². The number of hydrogen-bond donors (Lipinski definition) is 0. The predicted octanol–water partition coefficient (Wildman–Crippen LogP) is 9.62. The Kier molecular flexibility index (Phi) is 36.7. The Bertz CT molecular complexity index is 758. The van der Waals surface area contributed by atoms with Gasteiger partial charge in [0.05, 0.1) is 13.2 Å². The zero-order valence-corrected chi connectivity index (χ0v) is 31.9. The van der Waals surface area contributed by atoms with Crippen molar-refractivity contribution in [3.63, 3.8) is 0 Å². The van der Waals surface area contributed by atoms with Gasteiger partial charge in [-0.25, -0.2) is 9.78 Å². The molecule has 0 bridgehead atoms. The van der Waals surface area contributed by atoms with E-state index in [0.717, 1.165) is 90.3 Å². The minimum atomic E-state index is -0.106. The van der Waals surface area contributed by atoms with Crippen molar-refractivity contribution in [2.24, 2.45) is 0 Å². The molecule has 0 N–H and O–H groups in total. The van der Waals surface area contributed by atoms with Crippen LogP contribution in [-0.2, 0) is 28.8 Å². The van der Waals surface area contributed by atoms with E-state index in [1.54, 1.807) is 0 Å². The highest BCUT2D eigenvalue weighted by atomic mass is 17.2. The summed E-state index contributed by atoms with van der Waals surface area (Å²) in [6, 6.07) is 0. The summed E-state index contributed by atoms with van der Waals surface area (Å²) in [5.74, 6) is -0.0132. The molecule has 0 aromatic heterocycles. The highest BCUT2D eigenvalue weighted by molar-refractivity contribution is 5.77. The molecular weight excluding hydrogens is 604 g/mol. The number of likely N-dealkylation sites (N-methyl/N-ethyl adjacent to an activating group) is 1. The van der Waals surface area contributed by atoms with Crippen molar-refractivity contribution >= 4 is 11.9 Å². The van der Waals surface area contributed by atoms with Crippen LogP contribution in [0.5, 0.6) is 0 Å². The first kappa shape index (κ1) is 46.3. The summed E-state index contributed by atoms with van der Waals surface area (Å²) in [5, 5.41) is 0. The van der Waals surface area contributed by atoms with Gasteiger partial charge < -0.3 is 19.3 Å². The number of amides is 1. The number of esters is 1. The minimum Gasteiger partial charge on any atom is -0.461 e. The summed E-state index contributed by atoms with van der Waals surface area (Å²) >= 11 is 0. The summed E-state index contributed by atoms with van der Waals surface area (Å²) in [5.41, 5.74) is 0. The monoisotopic (exact) mass is 681 g/mol. The molecule has 0 spiro atoms. The fraction of sp³-hybridized carbons (Fsp3) is 0.850. The Hall–Kier alpha value is -1.74.